The molecular weight excluding hydrogens is 237 g/mol. The molecule has 0 aromatic heterocycles. The van der Waals surface area contributed by atoms with E-state index in [9.17, 15) is 0 Å². The van der Waals surface area contributed by atoms with Gasteiger partial charge in [-0.3, -0.25) is 0 Å². The first-order valence-corrected chi connectivity index (χ1v) is 10.4. The number of phosphoric acid groups is 1. The molecule has 0 aliphatic rings. The van der Waals surface area contributed by atoms with Gasteiger partial charge in [-0.05, 0) is 0 Å². The molecule has 0 atom stereocenters. The van der Waals surface area contributed by atoms with Crippen LogP contribution in [0.25, 0.3) is 0 Å². The summed E-state index contributed by atoms with van der Waals surface area (Å²) in [5.74, 6) is 0. The quantitative estimate of drug-likeness (QED) is 0.371. The van der Waals surface area contributed by atoms with Crippen LogP contribution in [-0.4, -0.2) is 89.7 Å². The van der Waals surface area contributed by atoms with Crippen LogP contribution in [-0.2, 0) is 4.57 Å². The van der Waals surface area contributed by atoms with Gasteiger partial charge in [0.25, 0.3) is 0 Å². The van der Waals surface area contributed by atoms with Crippen molar-refractivity contribution in [2.75, 3.05) is 0 Å². The summed E-state index contributed by atoms with van der Waals surface area (Å²) in [5, 5.41) is 0. The van der Waals surface area contributed by atoms with Crippen LogP contribution in [0.2, 0.25) is 0 Å². The van der Waals surface area contributed by atoms with Crippen molar-refractivity contribution in [1.29, 1.82) is 0 Å². The fourth-order valence-electron chi connectivity index (χ4n) is 0. The van der Waals surface area contributed by atoms with Crippen LogP contribution in [0.15, 0.2) is 0 Å². The van der Waals surface area contributed by atoms with Crippen LogP contribution in [0, 0.1) is 0 Å². The molecule has 42 valence electrons. The average molecular weight is 241 g/mol. The zero-order chi connectivity index (χ0) is 6.50. The summed E-state index contributed by atoms with van der Waals surface area (Å²) in [7, 11) is -4.64. The Kier molecular flexibility index (Phi) is 22.2. The van der Waals surface area contributed by atoms with Gasteiger partial charge in [0.2, 0.25) is 0 Å². The summed E-state index contributed by atoms with van der Waals surface area (Å²) >= 11 is 0.875. The Balaban J connectivity index is -0.0000000750. The molecule has 0 saturated carbocycles. The second kappa shape index (κ2) is 10.2. The Bertz CT molecular complexity index is 62.2. The summed E-state index contributed by atoms with van der Waals surface area (Å²) in [4.78, 5) is 21.6. The SMILES string of the molecule is O=P(O)(O)O.[K][Br].[NaH]. The third-order valence-electron chi connectivity index (χ3n) is 0. The molecule has 0 saturated heterocycles. The van der Waals surface area contributed by atoms with Crippen molar-refractivity contribution < 1.29 is 19.2 Å². The number of hydrogen-bond donors (Lipinski definition) is 3. The van der Waals surface area contributed by atoms with E-state index in [1.807, 2.05) is 0 Å². The van der Waals surface area contributed by atoms with Crippen molar-refractivity contribution in [3.63, 3.8) is 0 Å². The standard InChI is InChI=1S/BrH.K.Na.H3O4P.H/c;;;1-5(2,3)4;/h1H;;;(H3,1,2,3,4);/q;+1;;;/p-1. The first-order chi connectivity index (χ1) is 3.00. The molecule has 0 radical (unpaired) electrons. The van der Waals surface area contributed by atoms with Gasteiger partial charge in [0, 0.05) is 0 Å². The van der Waals surface area contributed by atoms with E-state index in [1.165, 1.54) is 0 Å². The third kappa shape index (κ3) is 60.0. The fourth-order valence-corrected chi connectivity index (χ4v) is 0. The van der Waals surface area contributed by atoms with Gasteiger partial charge in [-0.2, -0.15) is 0 Å². The van der Waals surface area contributed by atoms with Crippen LogP contribution in [0.1, 0.15) is 0 Å². The van der Waals surface area contributed by atoms with Crippen molar-refractivity contribution in [1.82, 2.24) is 0 Å². The summed E-state index contributed by atoms with van der Waals surface area (Å²) in [6, 6.07) is 0. The molecule has 0 aliphatic carbocycles. The molecule has 8 heteroatoms. The van der Waals surface area contributed by atoms with Gasteiger partial charge in [-0.25, -0.2) is 4.57 Å². The normalized spacial score (nSPS) is 8.25. The molecule has 0 unspecified atom stereocenters. The molecule has 0 aliphatic heterocycles. The van der Waals surface area contributed by atoms with Gasteiger partial charge in [0.1, 0.15) is 0 Å². The summed E-state index contributed by atoms with van der Waals surface area (Å²) in [6.07, 6.45) is 0. The van der Waals surface area contributed by atoms with Crippen LogP contribution in [0.3, 0.4) is 0 Å². The molecule has 0 aromatic carbocycles. The minimum absolute atomic E-state index is 0. The van der Waals surface area contributed by atoms with Crippen molar-refractivity contribution in [3.8, 4) is 0 Å². The monoisotopic (exact) mass is 240 g/mol. The van der Waals surface area contributed by atoms with Crippen LogP contribution < -0.4 is 0 Å². The zero-order valence-electron chi connectivity index (χ0n) is 3.58. The van der Waals surface area contributed by atoms with Gasteiger partial charge in [-0.15, -0.1) is 0 Å². The molecule has 0 fully saturated rings. The average Bonchev–Trinajstić information content (AvgIpc) is 1.36. The molecule has 0 heterocycles. The van der Waals surface area contributed by atoms with E-state index >= 15 is 0 Å². The summed E-state index contributed by atoms with van der Waals surface area (Å²) in [6.45, 7) is 3.12. The van der Waals surface area contributed by atoms with Crippen molar-refractivity contribution in [2.45, 2.75) is 0 Å². The van der Waals surface area contributed by atoms with E-state index in [2.05, 4.69) is 6.60 Å². The third-order valence-corrected chi connectivity index (χ3v) is 0. The number of halogens is 1. The van der Waals surface area contributed by atoms with E-state index in [-0.39, 0.29) is 29.6 Å². The molecule has 0 bridgehead atoms. The van der Waals surface area contributed by atoms with Gasteiger partial charge in [-0.1, -0.05) is 0 Å². The molecule has 0 rings (SSSR count). The molecular formula is H4BrKNaO4P. The Hall–Kier alpha value is 3.23. The van der Waals surface area contributed by atoms with Gasteiger partial charge in [0.15, 0.2) is 0 Å². The van der Waals surface area contributed by atoms with Crippen LogP contribution in [0.5, 0.6) is 0 Å². The molecule has 0 spiro atoms. The predicted octanol–water partition coefficient (Wildman–Crippen LogP) is -1.11. The Labute approximate surface area is 106 Å². The van der Waals surface area contributed by atoms with Gasteiger partial charge < -0.3 is 14.7 Å². The second-order valence-corrected chi connectivity index (χ2v) is 1.54. The van der Waals surface area contributed by atoms with Gasteiger partial charge >= 0.3 is 89.4 Å². The van der Waals surface area contributed by atoms with E-state index in [0.717, 1.165) is 45.4 Å². The van der Waals surface area contributed by atoms with Crippen molar-refractivity contribution in [2.24, 2.45) is 0 Å². The van der Waals surface area contributed by atoms with E-state index < -0.39 is 7.82 Å². The summed E-state index contributed by atoms with van der Waals surface area (Å²) < 4.78 is 8.88. The van der Waals surface area contributed by atoms with Gasteiger partial charge in [0.05, 0.1) is 0 Å². The fraction of sp³-hybridized carbons (Fsp3) is 0. The molecule has 0 amide bonds. The summed E-state index contributed by atoms with van der Waals surface area (Å²) in [5.41, 5.74) is 0. The first kappa shape index (κ1) is 17.3. The molecule has 0 aromatic rings. The molecule has 3 N–H and O–H groups in total. The second-order valence-electron chi connectivity index (χ2n) is 0.513. The molecule has 4 nitrogen and oxygen atoms in total. The maximum atomic E-state index is 8.88. The number of rotatable bonds is 0. The van der Waals surface area contributed by atoms with E-state index in [1.54, 1.807) is 0 Å². The van der Waals surface area contributed by atoms with Crippen LogP contribution in [0.4, 0.5) is 0 Å². The minimum atomic E-state index is -4.64. The predicted molar refractivity (Wildman–Crippen MR) is 36.1 cm³/mol. The number of hydrogen-bond acceptors (Lipinski definition) is 1. The zero-order valence-corrected chi connectivity index (χ0v) is 9.18. The van der Waals surface area contributed by atoms with Crippen molar-refractivity contribution >= 4 is 89.4 Å². The maximum absolute atomic E-state index is 8.88. The van der Waals surface area contributed by atoms with Crippen molar-refractivity contribution in [3.05, 3.63) is 0 Å². The molecule has 8 heavy (non-hydrogen) atoms. The Morgan fingerprint density at radius 3 is 1.25 bits per heavy atom. The Morgan fingerprint density at radius 1 is 1.25 bits per heavy atom. The topological polar surface area (TPSA) is 77.8 Å². The Morgan fingerprint density at radius 2 is 1.25 bits per heavy atom. The van der Waals surface area contributed by atoms with Crippen LogP contribution >= 0.6 is 14.4 Å². The first-order valence-electron chi connectivity index (χ1n) is 1.16. The van der Waals surface area contributed by atoms with E-state index in [4.69, 9.17) is 19.2 Å². The van der Waals surface area contributed by atoms with E-state index in [0.29, 0.717) is 0 Å².